The van der Waals surface area contributed by atoms with Crippen LogP contribution in [-0.2, 0) is 11.3 Å². The maximum Gasteiger partial charge on any atom is 0.337 e. The quantitative estimate of drug-likeness (QED) is 0.335. The van der Waals surface area contributed by atoms with E-state index in [1.807, 2.05) is 60.8 Å². The predicted molar refractivity (Wildman–Crippen MR) is 132 cm³/mol. The van der Waals surface area contributed by atoms with E-state index in [1.54, 1.807) is 24.7 Å². The van der Waals surface area contributed by atoms with Gasteiger partial charge in [-0.2, -0.15) is 0 Å². The van der Waals surface area contributed by atoms with Crippen molar-refractivity contribution in [3.8, 4) is 5.69 Å². The Bertz CT molecular complexity index is 1310. The van der Waals surface area contributed by atoms with Crippen LogP contribution in [-0.4, -0.2) is 37.6 Å². The van der Waals surface area contributed by atoms with Gasteiger partial charge in [-0.15, -0.1) is 0 Å². The van der Waals surface area contributed by atoms with Crippen LogP contribution in [0.25, 0.3) is 5.69 Å². The summed E-state index contributed by atoms with van der Waals surface area (Å²) >= 11 is 5.80. The molecule has 0 saturated carbocycles. The lowest BCUT2D eigenvalue weighted by Crippen LogP contribution is -2.30. The first kappa shape index (κ1) is 21.8. The van der Waals surface area contributed by atoms with E-state index in [2.05, 4.69) is 30.8 Å². The highest BCUT2D eigenvalue weighted by Gasteiger charge is 2.41. The third-order valence-corrected chi connectivity index (χ3v) is 6.28. The number of carbonyl (C=O) groups excluding carboxylic acids is 1. The van der Waals surface area contributed by atoms with Crippen LogP contribution in [0.3, 0.4) is 0 Å². The summed E-state index contributed by atoms with van der Waals surface area (Å²) in [5.41, 5.74) is 4.40. The molecule has 0 spiro atoms. The number of aromatic nitrogens is 3. The van der Waals surface area contributed by atoms with Crippen LogP contribution in [0.5, 0.6) is 0 Å². The first-order chi connectivity index (χ1) is 16.7. The van der Waals surface area contributed by atoms with Crippen molar-refractivity contribution in [2.45, 2.75) is 18.6 Å². The van der Waals surface area contributed by atoms with E-state index in [0.717, 1.165) is 22.6 Å². The number of hydrogen-bond acceptors (Lipinski definition) is 5. The van der Waals surface area contributed by atoms with Gasteiger partial charge in [-0.3, -0.25) is 9.97 Å². The molecule has 4 aromatic rings. The first-order valence-electron chi connectivity index (χ1n) is 10.9. The summed E-state index contributed by atoms with van der Waals surface area (Å²) in [6.45, 7) is 0.621. The highest BCUT2D eigenvalue weighted by molar-refractivity contribution is 7.80. The second-order valence-corrected chi connectivity index (χ2v) is 8.34. The van der Waals surface area contributed by atoms with Crippen LogP contribution in [0.1, 0.15) is 39.4 Å². The van der Waals surface area contributed by atoms with Crippen LogP contribution in [0, 0.1) is 0 Å². The van der Waals surface area contributed by atoms with Gasteiger partial charge in [-0.25, -0.2) is 4.79 Å². The lowest BCUT2D eigenvalue weighted by atomic mass is 10.0. The molecule has 1 aromatic carbocycles. The monoisotopic (exact) mass is 469 g/mol. The SMILES string of the molecule is COC(=O)c1cccc(-n2cccc2[C@H]2[C@H](c3ccccn3)NC(=S)N2Cc2ccncc2)c1. The zero-order valence-electron chi connectivity index (χ0n) is 18.5. The Kier molecular flexibility index (Phi) is 6.05. The number of methoxy groups -OCH3 is 1. The molecule has 1 fully saturated rings. The number of hydrogen-bond donors (Lipinski definition) is 1. The fourth-order valence-corrected chi connectivity index (χ4v) is 4.66. The maximum atomic E-state index is 12.1. The van der Waals surface area contributed by atoms with Gasteiger partial charge in [0, 0.05) is 42.7 Å². The summed E-state index contributed by atoms with van der Waals surface area (Å²) in [5, 5.41) is 4.15. The molecule has 1 N–H and O–H groups in total. The van der Waals surface area contributed by atoms with Gasteiger partial charge in [0.15, 0.2) is 5.11 Å². The Labute approximate surface area is 203 Å². The van der Waals surface area contributed by atoms with E-state index in [0.29, 0.717) is 17.2 Å². The van der Waals surface area contributed by atoms with Crippen molar-refractivity contribution in [2.75, 3.05) is 7.11 Å². The fourth-order valence-electron chi connectivity index (χ4n) is 4.35. The molecule has 0 bridgehead atoms. The minimum Gasteiger partial charge on any atom is -0.465 e. The maximum absolute atomic E-state index is 12.1. The van der Waals surface area contributed by atoms with Gasteiger partial charge in [0.2, 0.25) is 0 Å². The number of thiocarbonyl (C=S) groups is 1. The summed E-state index contributed by atoms with van der Waals surface area (Å²) in [4.78, 5) is 23.1. The van der Waals surface area contributed by atoms with Gasteiger partial charge < -0.3 is 19.5 Å². The van der Waals surface area contributed by atoms with E-state index in [4.69, 9.17) is 17.0 Å². The summed E-state index contributed by atoms with van der Waals surface area (Å²) in [6.07, 6.45) is 7.36. The molecule has 5 rings (SSSR count). The molecule has 1 saturated heterocycles. The highest BCUT2D eigenvalue weighted by atomic mass is 32.1. The van der Waals surface area contributed by atoms with E-state index in [9.17, 15) is 4.79 Å². The molecule has 7 nitrogen and oxygen atoms in total. The molecular formula is C26H23N5O2S. The minimum atomic E-state index is -0.370. The minimum absolute atomic E-state index is 0.132. The fraction of sp³-hybridized carbons (Fsp3) is 0.154. The molecule has 0 aliphatic carbocycles. The Morgan fingerprint density at radius 1 is 1.06 bits per heavy atom. The van der Waals surface area contributed by atoms with Crippen molar-refractivity contribution < 1.29 is 9.53 Å². The molecule has 34 heavy (non-hydrogen) atoms. The average Bonchev–Trinajstić information content (AvgIpc) is 3.49. The molecule has 170 valence electrons. The number of ether oxygens (including phenoxy) is 1. The third kappa shape index (κ3) is 4.15. The highest BCUT2D eigenvalue weighted by Crippen LogP contribution is 2.40. The molecule has 1 aliphatic heterocycles. The summed E-state index contributed by atoms with van der Waals surface area (Å²) in [5.74, 6) is -0.370. The first-order valence-corrected chi connectivity index (χ1v) is 11.3. The lowest BCUT2D eigenvalue weighted by Gasteiger charge is -2.29. The smallest absolute Gasteiger partial charge is 0.337 e. The Hall–Kier alpha value is -4.04. The topological polar surface area (TPSA) is 72.3 Å². The van der Waals surface area contributed by atoms with Crippen molar-refractivity contribution in [3.05, 3.63) is 114 Å². The molecule has 8 heteroatoms. The molecule has 2 atom stereocenters. The second-order valence-electron chi connectivity index (χ2n) is 7.95. The second kappa shape index (κ2) is 9.44. The Morgan fingerprint density at radius 3 is 2.68 bits per heavy atom. The molecule has 0 radical (unpaired) electrons. The Morgan fingerprint density at radius 2 is 1.91 bits per heavy atom. The number of benzene rings is 1. The predicted octanol–water partition coefficient (Wildman–Crippen LogP) is 4.23. The number of nitrogens with zero attached hydrogens (tertiary/aromatic N) is 4. The largest absolute Gasteiger partial charge is 0.465 e. The van der Waals surface area contributed by atoms with Gasteiger partial charge in [0.1, 0.15) is 0 Å². The van der Waals surface area contributed by atoms with Crippen LogP contribution in [0.2, 0.25) is 0 Å². The third-order valence-electron chi connectivity index (χ3n) is 5.93. The molecular weight excluding hydrogens is 446 g/mol. The van der Waals surface area contributed by atoms with E-state index >= 15 is 0 Å². The van der Waals surface area contributed by atoms with Gasteiger partial charge in [0.25, 0.3) is 0 Å². The van der Waals surface area contributed by atoms with Gasteiger partial charge >= 0.3 is 5.97 Å². The van der Waals surface area contributed by atoms with E-state index in [-0.39, 0.29) is 18.1 Å². The molecule has 0 unspecified atom stereocenters. The van der Waals surface area contributed by atoms with Crippen molar-refractivity contribution in [1.29, 1.82) is 0 Å². The molecule has 4 heterocycles. The van der Waals surface area contributed by atoms with Crippen molar-refractivity contribution in [3.63, 3.8) is 0 Å². The zero-order chi connectivity index (χ0) is 23.5. The average molecular weight is 470 g/mol. The van der Waals surface area contributed by atoms with Crippen LogP contribution >= 0.6 is 12.2 Å². The standard InChI is InChI=1S/C26H23N5O2S/c1-33-25(32)19-6-4-7-20(16-19)30-15-5-9-22(30)24-23(21-8-2-3-12-28-21)29-26(34)31(24)17-18-10-13-27-14-11-18/h2-16,23-24H,17H2,1H3,(H,29,34)/t23-,24-/m0/s1. The van der Waals surface area contributed by atoms with Gasteiger partial charge in [-0.1, -0.05) is 12.1 Å². The summed E-state index contributed by atoms with van der Waals surface area (Å²) in [6, 6.07) is 21.1. The van der Waals surface area contributed by atoms with Crippen molar-refractivity contribution in [1.82, 2.24) is 24.8 Å². The molecule has 3 aromatic heterocycles. The lowest BCUT2D eigenvalue weighted by molar-refractivity contribution is 0.0600. The number of carbonyl (C=O) groups is 1. The van der Waals surface area contributed by atoms with Gasteiger partial charge in [-0.05, 0) is 72.4 Å². The van der Waals surface area contributed by atoms with E-state index < -0.39 is 0 Å². The van der Waals surface area contributed by atoms with Crippen molar-refractivity contribution in [2.24, 2.45) is 0 Å². The van der Waals surface area contributed by atoms with Crippen LogP contribution in [0.4, 0.5) is 0 Å². The van der Waals surface area contributed by atoms with Crippen molar-refractivity contribution >= 4 is 23.3 Å². The normalized spacial score (nSPS) is 17.4. The number of esters is 1. The molecule has 0 amide bonds. The molecule has 1 aliphatic rings. The summed E-state index contributed by atoms with van der Waals surface area (Å²) < 4.78 is 7.00. The summed E-state index contributed by atoms with van der Waals surface area (Å²) in [7, 11) is 1.38. The number of rotatable bonds is 6. The van der Waals surface area contributed by atoms with Gasteiger partial charge in [0.05, 0.1) is 30.5 Å². The number of pyridine rings is 2. The van der Waals surface area contributed by atoms with Crippen LogP contribution < -0.4 is 5.32 Å². The zero-order valence-corrected chi connectivity index (χ0v) is 19.4. The van der Waals surface area contributed by atoms with Crippen LogP contribution in [0.15, 0.2) is 91.5 Å². The Balaban J connectivity index is 1.59. The number of nitrogens with one attached hydrogen (secondary N) is 1. The van der Waals surface area contributed by atoms with E-state index in [1.165, 1.54) is 7.11 Å².